The number of aromatic nitrogens is 1. The van der Waals surface area contributed by atoms with Crippen LogP contribution in [0, 0.1) is 0 Å². The van der Waals surface area contributed by atoms with Crippen molar-refractivity contribution in [2.24, 2.45) is 0 Å². The van der Waals surface area contributed by atoms with Crippen LogP contribution in [0.3, 0.4) is 0 Å². The lowest BCUT2D eigenvalue weighted by Gasteiger charge is -2.15. The number of rotatable bonds is 7. The quantitative estimate of drug-likeness (QED) is 0.833. The lowest BCUT2D eigenvalue weighted by atomic mass is 10.3. The van der Waals surface area contributed by atoms with Gasteiger partial charge in [0.2, 0.25) is 5.88 Å². The molecule has 0 radical (unpaired) electrons. The van der Waals surface area contributed by atoms with Crippen LogP contribution in [-0.4, -0.2) is 42.7 Å². The Balaban J connectivity index is 1.79. The maximum atomic E-state index is 6.17. The number of nitrogens with zero attached hydrogens (tertiary/aromatic N) is 2. The molecule has 1 aliphatic heterocycles. The molecule has 0 atom stereocenters. The SMILES string of the molecule is CCNCc1cnc(OCCN2CCCC2)c(Cl)c1. The van der Waals surface area contributed by atoms with E-state index in [4.69, 9.17) is 16.3 Å². The van der Waals surface area contributed by atoms with Crippen molar-refractivity contribution in [3.8, 4) is 5.88 Å². The number of nitrogens with one attached hydrogen (secondary N) is 1. The van der Waals surface area contributed by atoms with Crippen molar-refractivity contribution in [3.63, 3.8) is 0 Å². The Kier molecular flexibility index (Phi) is 5.89. The molecule has 1 saturated heterocycles. The largest absolute Gasteiger partial charge is 0.475 e. The van der Waals surface area contributed by atoms with Gasteiger partial charge in [-0.25, -0.2) is 4.98 Å². The molecule has 0 spiro atoms. The van der Waals surface area contributed by atoms with Crippen LogP contribution >= 0.6 is 11.6 Å². The first kappa shape index (κ1) is 14.6. The molecule has 0 bridgehead atoms. The molecule has 1 aromatic rings. The predicted molar refractivity (Wildman–Crippen MR) is 77.8 cm³/mol. The summed E-state index contributed by atoms with van der Waals surface area (Å²) >= 11 is 6.17. The van der Waals surface area contributed by atoms with Gasteiger partial charge in [-0.05, 0) is 44.1 Å². The Morgan fingerprint density at radius 1 is 1.42 bits per heavy atom. The molecule has 1 N–H and O–H groups in total. The fourth-order valence-corrected chi connectivity index (χ4v) is 2.46. The molecule has 1 fully saturated rings. The number of likely N-dealkylation sites (tertiary alicyclic amines) is 1. The lowest BCUT2D eigenvalue weighted by Crippen LogP contribution is -2.25. The van der Waals surface area contributed by atoms with Crippen LogP contribution in [0.25, 0.3) is 0 Å². The van der Waals surface area contributed by atoms with E-state index in [0.717, 1.165) is 25.2 Å². The zero-order chi connectivity index (χ0) is 13.5. The minimum Gasteiger partial charge on any atom is -0.475 e. The Labute approximate surface area is 120 Å². The van der Waals surface area contributed by atoms with E-state index in [1.165, 1.54) is 25.9 Å². The molecule has 0 aliphatic carbocycles. The number of hydrogen-bond donors (Lipinski definition) is 1. The predicted octanol–water partition coefficient (Wildman–Crippen LogP) is 2.32. The Morgan fingerprint density at radius 3 is 2.89 bits per heavy atom. The summed E-state index contributed by atoms with van der Waals surface area (Å²) in [5, 5.41) is 3.84. The Bertz CT molecular complexity index is 394. The third kappa shape index (κ3) is 4.64. The second-order valence-corrected chi connectivity index (χ2v) is 5.22. The molecule has 4 nitrogen and oxygen atoms in total. The zero-order valence-corrected chi connectivity index (χ0v) is 12.2. The van der Waals surface area contributed by atoms with Crippen molar-refractivity contribution in [3.05, 3.63) is 22.8 Å². The van der Waals surface area contributed by atoms with E-state index in [0.29, 0.717) is 17.5 Å². The molecule has 0 unspecified atom stereocenters. The highest BCUT2D eigenvalue weighted by Crippen LogP contribution is 2.22. The number of hydrogen-bond acceptors (Lipinski definition) is 4. The fourth-order valence-electron chi connectivity index (χ4n) is 2.21. The molecule has 2 heterocycles. The van der Waals surface area contributed by atoms with Gasteiger partial charge in [-0.2, -0.15) is 0 Å². The van der Waals surface area contributed by atoms with Crippen molar-refractivity contribution >= 4 is 11.6 Å². The summed E-state index contributed by atoms with van der Waals surface area (Å²) in [7, 11) is 0. The van der Waals surface area contributed by atoms with E-state index in [1.807, 2.05) is 12.3 Å². The fraction of sp³-hybridized carbons (Fsp3) is 0.643. The molecular weight excluding hydrogens is 262 g/mol. The first-order valence-electron chi connectivity index (χ1n) is 7.00. The van der Waals surface area contributed by atoms with Crippen LogP contribution in [0.2, 0.25) is 5.02 Å². The third-order valence-corrected chi connectivity index (χ3v) is 3.56. The van der Waals surface area contributed by atoms with E-state index < -0.39 is 0 Å². The van der Waals surface area contributed by atoms with E-state index in [1.54, 1.807) is 0 Å². The molecular formula is C14H22ClN3O. The summed E-state index contributed by atoms with van der Waals surface area (Å²) < 4.78 is 5.65. The maximum Gasteiger partial charge on any atom is 0.232 e. The minimum absolute atomic E-state index is 0.543. The summed E-state index contributed by atoms with van der Waals surface area (Å²) in [4.78, 5) is 6.69. The number of ether oxygens (including phenoxy) is 1. The van der Waals surface area contributed by atoms with Crippen LogP contribution < -0.4 is 10.1 Å². The number of halogens is 1. The normalized spacial score (nSPS) is 15.9. The maximum absolute atomic E-state index is 6.17. The summed E-state index contributed by atoms with van der Waals surface area (Å²) in [6, 6.07) is 1.92. The van der Waals surface area contributed by atoms with Gasteiger partial charge in [-0.3, -0.25) is 4.90 Å². The van der Waals surface area contributed by atoms with Crippen LogP contribution in [0.5, 0.6) is 5.88 Å². The third-order valence-electron chi connectivity index (χ3n) is 3.29. The molecule has 1 aromatic heterocycles. The molecule has 19 heavy (non-hydrogen) atoms. The average Bonchev–Trinajstić information content (AvgIpc) is 2.92. The second-order valence-electron chi connectivity index (χ2n) is 4.81. The summed E-state index contributed by atoms with van der Waals surface area (Å²) in [5.41, 5.74) is 1.08. The minimum atomic E-state index is 0.543. The molecule has 5 heteroatoms. The van der Waals surface area contributed by atoms with Crippen molar-refractivity contribution in [1.29, 1.82) is 0 Å². The highest BCUT2D eigenvalue weighted by molar-refractivity contribution is 6.31. The van der Waals surface area contributed by atoms with Crippen molar-refractivity contribution in [1.82, 2.24) is 15.2 Å². The molecule has 106 valence electrons. The molecule has 0 aromatic carbocycles. The van der Waals surface area contributed by atoms with Gasteiger partial charge in [0, 0.05) is 19.3 Å². The molecule has 0 amide bonds. The van der Waals surface area contributed by atoms with Crippen LogP contribution in [0.15, 0.2) is 12.3 Å². The van der Waals surface area contributed by atoms with E-state index >= 15 is 0 Å². The first-order valence-corrected chi connectivity index (χ1v) is 7.37. The molecule has 1 aliphatic rings. The molecule has 2 rings (SSSR count). The first-order chi connectivity index (χ1) is 9.29. The average molecular weight is 284 g/mol. The highest BCUT2D eigenvalue weighted by atomic mass is 35.5. The van der Waals surface area contributed by atoms with Crippen LogP contribution in [-0.2, 0) is 6.54 Å². The van der Waals surface area contributed by atoms with Gasteiger partial charge in [-0.15, -0.1) is 0 Å². The van der Waals surface area contributed by atoms with Gasteiger partial charge in [-0.1, -0.05) is 18.5 Å². The van der Waals surface area contributed by atoms with Crippen molar-refractivity contribution in [2.75, 3.05) is 32.8 Å². The van der Waals surface area contributed by atoms with Gasteiger partial charge in [0.1, 0.15) is 11.6 Å². The van der Waals surface area contributed by atoms with Gasteiger partial charge in [0.05, 0.1) is 0 Å². The van der Waals surface area contributed by atoms with E-state index in [9.17, 15) is 0 Å². The highest BCUT2D eigenvalue weighted by Gasteiger charge is 2.11. The second kappa shape index (κ2) is 7.68. The van der Waals surface area contributed by atoms with Crippen LogP contribution in [0.1, 0.15) is 25.3 Å². The number of pyridine rings is 1. The monoisotopic (exact) mass is 283 g/mol. The Morgan fingerprint density at radius 2 is 2.21 bits per heavy atom. The lowest BCUT2D eigenvalue weighted by molar-refractivity contribution is 0.232. The van der Waals surface area contributed by atoms with Crippen LogP contribution in [0.4, 0.5) is 0 Å². The van der Waals surface area contributed by atoms with Gasteiger partial charge in [0.25, 0.3) is 0 Å². The zero-order valence-electron chi connectivity index (χ0n) is 11.5. The topological polar surface area (TPSA) is 37.4 Å². The molecule has 0 saturated carbocycles. The van der Waals surface area contributed by atoms with Crippen molar-refractivity contribution in [2.45, 2.75) is 26.3 Å². The van der Waals surface area contributed by atoms with E-state index in [2.05, 4.69) is 22.1 Å². The summed E-state index contributed by atoms with van der Waals surface area (Å²) in [6.45, 7) is 7.78. The van der Waals surface area contributed by atoms with Gasteiger partial charge < -0.3 is 10.1 Å². The smallest absolute Gasteiger partial charge is 0.232 e. The van der Waals surface area contributed by atoms with Gasteiger partial charge >= 0.3 is 0 Å². The van der Waals surface area contributed by atoms with Gasteiger partial charge in [0.15, 0.2) is 0 Å². The van der Waals surface area contributed by atoms with Crippen molar-refractivity contribution < 1.29 is 4.74 Å². The standard InChI is InChI=1S/C14H22ClN3O/c1-2-16-10-12-9-13(15)14(17-11-12)19-8-7-18-5-3-4-6-18/h9,11,16H,2-8,10H2,1H3. The Hall–Kier alpha value is -0.840. The van der Waals surface area contributed by atoms with E-state index in [-0.39, 0.29) is 0 Å². The summed E-state index contributed by atoms with van der Waals surface area (Å²) in [5.74, 6) is 0.543. The summed E-state index contributed by atoms with van der Waals surface area (Å²) in [6.07, 6.45) is 4.43.